The normalized spacial score (nSPS) is 17.2. The number of thiocarbonyl (C=S) groups is 1. The maximum atomic E-state index is 12.1. The second-order valence-electron chi connectivity index (χ2n) is 9.53. The lowest BCUT2D eigenvalue weighted by atomic mass is 9.96. The van der Waals surface area contributed by atoms with E-state index in [-0.39, 0.29) is 12.1 Å². The van der Waals surface area contributed by atoms with E-state index in [2.05, 4.69) is 50.6 Å². The molecule has 0 aliphatic carbocycles. The number of pyridine rings is 2. The highest BCUT2D eigenvalue weighted by Crippen LogP contribution is 2.44. The number of nitrogens with zero attached hydrogens (tertiary/aromatic N) is 4. The fourth-order valence-electron chi connectivity index (χ4n) is 5.12. The topological polar surface area (TPSA) is 101 Å². The maximum absolute atomic E-state index is 12.1. The molecule has 5 rings (SSSR count). The predicted octanol–water partition coefficient (Wildman–Crippen LogP) is 4.50. The van der Waals surface area contributed by atoms with Gasteiger partial charge in [-0.05, 0) is 79.7 Å². The minimum Gasteiger partial charge on any atom is -0.495 e. The van der Waals surface area contributed by atoms with Crippen molar-refractivity contribution >= 4 is 38.7 Å². The molecule has 2 atom stereocenters. The van der Waals surface area contributed by atoms with Gasteiger partial charge in [0.2, 0.25) is 10.0 Å². The van der Waals surface area contributed by atoms with Crippen LogP contribution < -0.4 is 19.7 Å². The average Bonchev–Trinajstić information content (AvgIpc) is 3.39. The number of rotatable bonds is 8. The Labute approximate surface area is 233 Å². The Balaban J connectivity index is 1.64. The molecule has 3 aromatic heterocycles. The highest BCUT2D eigenvalue weighted by Gasteiger charge is 2.42. The molecule has 202 valence electrons. The van der Waals surface area contributed by atoms with Crippen molar-refractivity contribution in [3.8, 4) is 5.75 Å². The van der Waals surface area contributed by atoms with E-state index in [9.17, 15) is 8.42 Å². The quantitative estimate of drug-likeness (QED) is 0.303. The average molecular weight is 563 g/mol. The first-order valence-corrected chi connectivity index (χ1v) is 14.7. The van der Waals surface area contributed by atoms with Crippen LogP contribution in [0.4, 0.5) is 11.4 Å². The molecule has 39 heavy (non-hydrogen) atoms. The fraction of sp³-hybridized carbons (Fsp3) is 0.250. The molecule has 11 heteroatoms. The molecule has 1 fully saturated rings. The van der Waals surface area contributed by atoms with E-state index in [1.807, 2.05) is 41.4 Å². The molecule has 1 saturated heterocycles. The number of methoxy groups -OCH3 is 1. The van der Waals surface area contributed by atoms with Crippen LogP contribution in [0.3, 0.4) is 0 Å². The molecular weight excluding hydrogens is 532 g/mol. The number of hydrogen-bond acceptors (Lipinski definition) is 6. The number of hydrogen-bond donors (Lipinski definition) is 2. The Kier molecular flexibility index (Phi) is 7.28. The number of sulfonamides is 1. The first kappa shape index (κ1) is 26.6. The Bertz CT molecular complexity index is 1610. The molecular formula is C28H30N6O3S2. The molecule has 0 saturated carbocycles. The molecule has 0 radical (unpaired) electrons. The summed E-state index contributed by atoms with van der Waals surface area (Å²) in [6.45, 7) is 4.89. The Morgan fingerprint density at radius 1 is 1.10 bits per heavy atom. The van der Waals surface area contributed by atoms with Crippen LogP contribution in [0.1, 0.15) is 40.3 Å². The third-order valence-electron chi connectivity index (χ3n) is 6.85. The Morgan fingerprint density at radius 2 is 1.92 bits per heavy atom. The number of ether oxygens (including phenoxy) is 1. The highest BCUT2D eigenvalue weighted by atomic mass is 32.2. The van der Waals surface area contributed by atoms with Crippen molar-refractivity contribution in [1.82, 2.24) is 19.9 Å². The van der Waals surface area contributed by atoms with E-state index in [1.165, 1.54) is 7.11 Å². The van der Waals surface area contributed by atoms with Crippen LogP contribution in [-0.4, -0.2) is 41.4 Å². The summed E-state index contributed by atoms with van der Waals surface area (Å²) in [7, 11) is -2.04. The summed E-state index contributed by atoms with van der Waals surface area (Å²) in [5.74, 6) is 0.412. The lowest BCUT2D eigenvalue weighted by Crippen LogP contribution is -2.29. The minimum absolute atomic E-state index is 0.237. The molecule has 0 spiro atoms. The van der Waals surface area contributed by atoms with Crippen LogP contribution in [0.15, 0.2) is 73.2 Å². The van der Waals surface area contributed by atoms with Gasteiger partial charge >= 0.3 is 0 Å². The number of aromatic nitrogens is 3. The molecule has 2 N–H and O–H groups in total. The zero-order valence-corrected chi connectivity index (χ0v) is 23.8. The van der Waals surface area contributed by atoms with Crippen LogP contribution in [0.25, 0.3) is 0 Å². The molecule has 1 aliphatic rings. The number of nitrogens with one attached hydrogen (secondary N) is 2. The van der Waals surface area contributed by atoms with Crippen molar-refractivity contribution < 1.29 is 13.2 Å². The van der Waals surface area contributed by atoms with Gasteiger partial charge in [0.05, 0.1) is 36.8 Å². The van der Waals surface area contributed by atoms with Crippen LogP contribution in [0.5, 0.6) is 5.75 Å². The van der Waals surface area contributed by atoms with Crippen LogP contribution in [0, 0.1) is 13.8 Å². The molecule has 0 unspecified atom stereocenters. The Hall–Kier alpha value is -3.96. The number of benzene rings is 1. The van der Waals surface area contributed by atoms with E-state index < -0.39 is 10.0 Å². The number of anilines is 2. The smallest absolute Gasteiger partial charge is 0.229 e. The zero-order chi connectivity index (χ0) is 27.7. The molecule has 1 aliphatic heterocycles. The molecule has 0 amide bonds. The van der Waals surface area contributed by atoms with E-state index in [1.54, 1.807) is 24.5 Å². The largest absolute Gasteiger partial charge is 0.495 e. The van der Waals surface area contributed by atoms with Crippen LogP contribution in [-0.2, 0) is 16.6 Å². The van der Waals surface area contributed by atoms with Crippen molar-refractivity contribution in [2.45, 2.75) is 32.5 Å². The predicted molar refractivity (Wildman–Crippen MR) is 157 cm³/mol. The van der Waals surface area contributed by atoms with Crippen molar-refractivity contribution in [3.63, 3.8) is 0 Å². The Morgan fingerprint density at radius 3 is 2.59 bits per heavy atom. The first-order valence-electron chi connectivity index (χ1n) is 12.4. The number of aryl methyl sites for hydroxylation is 1. The van der Waals surface area contributed by atoms with Gasteiger partial charge < -0.3 is 19.5 Å². The summed E-state index contributed by atoms with van der Waals surface area (Å²) in [6, 6.07) is 16.9. The zero-order valence-electron chi connectivity index (χ0n) is 22.1. The summed E-state index contributed by atoms with van der Waals surface area (Å²) < 4.78 is 34.4. The van der Waals surface area contributed by atoms with Crippen molar-refractivity contribution in [1.29, 1.82) is 0 Å². The van der Waals surface area contributed by atoms with Gasteiger partial charge in [0, 0.05) is 42.2 Å². The third kappa shape index (κ3) is 5.45. The summed E-state index contributed by atoms with van der Waals surface area (Å²) in [5, 5.41) is 3.99. The first-order chi connectivity index (χ1) is 18.7. The molecule has 4 aromatic rings. The SMILES string of the molecule is COc1ccc(N2C(=S)N[C@@H](c3ccccn3)[C@@H]2c2cc(C)n(Cc3cccnc3)c2C)cc1NS(C)(=O)=O. The van der Waals surface area contributed by atoms with Crippen LogP contribution >= 0.6 is 12.2 Å². The fourth-order valence-corrected chi connectivity index (χ4v) is 6.02. The molecule has 0 bridgehead atoms. The summed E-state index contributed by atoms with van der Waals surface area (Å²) >= 11 is 5.88. The van der Waals surface area contributed by atoms with Gasteiger partial charge in [-0.25, -0.2) is 8.42 Å². The van der Waals surface area contributed by atoms with Crippen LogP contribution in [0.2, 0.25) is 0 Å². The lowest BCUT2D eigenvalue weighted by Gasteiger charge is -2.29. The van der Waals surface area contributed by atoms with Gasteiger partial charge in [-0.3, -0.25) is 14.7 Å². The molecule has 4 heterocycles. The summed E-state index contributed by atoms with van der Waals surface area (Å²) in [5.41, 5.74) is 6.32. The maximum Gasteiger partial charge on any atom is 0.229 e. The highest BCUT2D eigenvalue weighted by molar-refractivity contribution is 7.92. The van der Waals surface area contributed by atoms with Gasteiger partial charge in [-0.15, -0.1) is 0 Å². The van der Waals surface area contributed by atoms with Gasteiger partial charge in [0.25, 0.3) is 0 Å². The third-order valence-corrected chi connectivity index (χ3v) is 7.75. The van der Waals surface area contributed by atoms with Crippen molar-refractivity contribution in [2.24, 2.45) is 0 Å². The van der Waals surface area contributed by atoms with Gasteiger partial charge in [-0.2, -0.15) is 0 Å². The van der Waals surface area contributed by atoms with Crippen molar-refractivity contribution in [3.05, 3.63) is 101 Å². The molecule has 1 aromatic carbocycles. The standard InChI is InChI=1S/C28H30N6O3S2/c1-18-14-22(19(2)33(18)17-20-8-7-12-29-16-20)27-26(23-9-5-6-13-30-23)31-28(38)34(27)21-10-11-25(37-3)24(15-21)32-39(4,35)36/h5-16,26-27,32H,17H2,1-4H3,(H,31,38)/t26-,27-/m0/s1. The summed E-state index contributed by atoms with van der Waals surface area (Å²) in [6.07, 6.45) is 6.53. The van der Waals surface area contributed by atoms with E-state index in [0.717, 1.165) is 40.2 Å². The van der Waals surface area contributed by atoms with E-state index >= 15 is 0 Å². The second-order valence-corrected chi connectivity index (χ2v) is 11.7. The van der Waals surface area contributed by atoms with Crippen molar-refractivity contribution in [2.75, 3.05) is 23.0 Å². The lowest BCUT2D eigenvalue weighted by molar-refractivity contribution is 0.417. The van der Waals surface area contributed by atoms with E-state index in [4.69, 9.17) is 17.0 Å². The van der Waals surface area contributed by atoms with Gasteiger partial charge in [0.15, 0.2) is 5.11 Å². The van der Waals surface area contributed by atoms with E-state index in [0.29, 0.717) is 23.1 Å². The van der Waals surface area contributed by atoms with Gasteiger partial charge in [-0.1, -0.05) is 12.1 Å². The second kappa shape index (κ2) is 10.7. The minimum atomic E-state index is -3.54. The molecule has 9 nitrogen and oxygen atoms in total. The summed E-state index contributed by atoms with van der Waals surface area (Å²) in [4.78, 5) is 10.9. The van der Waals surface area contributed by atoms with Gasteiger partial charge in [0.1, 0.15) is 5.75 Å². The monoisotopic (exact) mass is 562 g/mol.